The second kappa shape index (κ2) is 2.43. The molecule has 2 rings (SSSR count). The molecule has 1 aromatic rings. The molecule has 0 atom stereocenters. The van der Waals surface area contributed by atoms with Gasteiger partial charge in [0.1, 0.15) is 5.69 Å². The van der Waals surface area contributed by atoms with Crippen molar-refractivity contribution in [3.8, 4) is 0 Å². The van der Waals surface area contributed by atoms with Gasteiger partial charge in [-0.3, -0.25) is 9.78 Å². The first kappa shape index (κ1) is 6.49. The fourth-order valence-corrected chi connectivity index (χ4v) is 1.26. The van der Waals surface area contributed by atoms with E-state index in [1.807, 2.05) is 6.07 Å². The molecule has 0 amide bonds. The van der Waals surface area contributed by atoms with Crippen molar-refractivity contribution in [2.75, 3.05) is 0 Å². The Hall–Kier alpha value is -1.22. The summed E-state index contributed by atoms with van der Waals surface area (Å²) in [5, 5.41) is 3.18. The van der Waals surface area contributed by atoms with E-state index in [1.54, 1.807) is 6.20 Å². The number of nitrogens with zero attached hydrogens (tertiary/aromatic N) is 1. The van der Waals surface area contributed by atoms with Crippen molar-refractivity contribution in [2.45, 2.75) is 13.1 Å². The minimum atomic E-state index is 0.521. The van der Waals surface area contributed by atoms with Crippen LogP contribution in [-0.2, 0) is 13.1 Å². The van der Waals surface area contributed by atoms with E-state index in [0.29, 0.717) is 5.69 Å². The van der Waals surface area contributed by atoms with E-state index in [1.165, 1.54) is 11.1 Å². The molecule has 3 nitrogen and oxygen atoms in total. The lowest BCUT2D eigenvalue weighted by molar-refractivity contribution is 0.111. The number of aldehydes is 1. The first-order valence-corrected chi connectivity index (χ1v) is 3.54. The Kier molecular flexibility index (Phi) is 1.43. The number of carbonyl (C=O) groups excluding carboxylic acids is 1. The molecule has 0 saturated heterocycles. The summed E-state index contributed by atoms with van der Waals surface area (Å²) in [4.78, 5) is 14.3. The molecule has 56 valence electrons. The minimum absolute atomic E-state index is 0.521. The zero-order valence-corrected chi connectivity index (χ0v) is 6.00. The maximum Gasteiger partial charge on any atom is 0.168 e. The van der Waals surface area contributed by atoms with Gasteiger partial charge < -0.3 is 5.32 Å². The third-order valence-corrected chi connectivity index (χ3v) is 1.86. The summed E-state index contributed by atoms with van der Waals surface area (Å²) in [6.07, 6.45) is 2.54. The van der Waals surface area contributed by atoms with Gasteiger partial charge in [0.15, 0.2) is 6.29 Å². The average Bonchev–Trinajstić information content (AvgIpc) is 2.50. The third-order valence-electron chi connectivity index (χ3n) is 1.86. The normalized spacial score (nSPS) is 14.5. The van der Waals surface area contributed by atoms with Crippen molar-refractivity contribution < 1.29 is 4.79 Å². The molecule has 1 aliphatic rings. The van der Waals surface area contributed by atoms with Gasteiger partial charge in [0.25, 0.3) is 0 Å². The van der Waals surface area contributed by atoms with E-state index >= 15 is 0 Å². The highest BCUT2D eigenvalue weighted by Crippen LogP contribution is 2.13. The Morgan fingerprint density at radius 3 is 3.09 bits per heavy atom. The molecule has 2 heterocycles. The van der Waals surface area contributed by atoms with Crippen LogP contribution in [0.3, 0.4) is 0 Å². The quantitative estimate of drug-likeness (QED) is 0.589. The van der Waals surface area contributed by atoms with Crippen LogP contribution in [-0.4, -0.2) is 11.3 Å². The number of aromatic nitrogens is 1. The molecular formula is C8H8N2O. The van der Waals surface area contributed by atoms with Gasteiger partial charge in [-0.15, -0.1) is 0 Å². The summed E-state index contributed by atoms with van der Waals surface area (Å²) in [5.41, 5.74) is 2.92. The molecule has 0 unspecified atom stereocenters. The number of hydrogen-bond acceptors (Lipinski definition) is 3. The summed E-state index contributed by atoms with van der Waals surface area (Å²) in [6.45, 7) is 1.74. The summed E-state index contributed by atoms with van der Waals surface area (Å²) in [6, 6.07) is 1.84. The topological polar surface area (TPSA) is 42.0 Å². The van der Waals surface area contributed by atoms with Crippen LogP contribution >= 0.6 is 0 Å². The predicted molar refractivity (Wildman–Crippen MR) is 40.2 cm³/mol. The fraction of sp³-hybridized carbons (Fsp3) is 0.250. The van der Waals surface area contributed by atoms with Gasteiger partial charge >= 0.3 is 0 Å². The molecule has 11 heavy (non-hydrogen) atoms. The molecule has 0 radical (unpaired) electrons. The lowest BCUT2D eigenvalue weighted by atomic mass is 10.1. The summed E-state index contributed by atoms with van der Waals surface area (Å²) >= 11 is 0. The molecule has 1 aromatic heterocycles. The minimum Gasteiger partial charge on any atom is -0.309 e. The van der Waals surface area contributed by atoms with Crippen LogP contribution in [0.15, 0.2) is 12.3 Å². The number of carbonyl (C=O) groups is 1. The van der Waals surface area contributed by atoms with Gasteiger partial charge in [0.2, 0.25) is 0 Å². The molecule has 0 aliphatic carbocycles. The van der Waals surface area contributed by atoms with Gasteiger partial charge in [0.05, 0.1) is 0 Å². The molecule has 0 aromatic carbocycles. The molecule has 0 saturated carbocycles. The lowest BCUT2D eigenvalue weighted by Gasteiger charge is -1.95. The van der Waals surface area contributed by atoms with Crippen molar-refractivity contribution in [1.82, 2.24) is 10.3 Å². The van der Waals surface area contributed by atoms with Gasteiger partial charge in [-0.05, 0) is 17.2 Å². The summed E-state index contributed by atoms with van der Waals surface area (Å²) in [5.74, 6) is 0. The second-order valence-electron chi connectivity index (χ2n) is 2.60. The van der Waals surface area contributed by atoms with Crippen LogP contribution in [0.2, 0.25) is 0 Å². The molecule has 0 fully saturated rings. The van der Waals surface area contributed by atoms with Crippen LogP contribution in [0.5, 0.6) is 0 Å². The van der Waals surface area contributed by atoms with Crippen LogP contribution in [0, 0.1) is 0 Å². The van der Waals surface area contributed by atoms with E-state index in [-0.39, 0.29) is 0 Å². The Morgan fingerprint density at radius 2 is 2.27 bits per heavy atom. The Bertz CT molecular complexity index is 296. The van der Waals surface area contributed by atoms with Crippen LogP contribution in [0.4, 0.5) is 0 Å². The van der Waals surface area contributed by atoms with E-state index in [0.717, 1.165) is 19.4 Å². The van der Waals surface area contributed by atoms with Crippen molar-refractivity contribution in [3.05, 3.63) is 29.1 Å². The van der Waals surface area contributed by atoms with E-state index in [4.69, 9.17) is 0 Å². The molecule has 0 spiro atoms. The highest BCUT2D eigenvalue weighted by molar-refractivity contribution is 5.72. The van der Waals surface area contributed by atoms with E-state index < -0.39 is 0 Å². The first-order chi connectivity index (χ1) is 5.40. The van der Waals surface area contributed by atoms with E-state index in [2.05, 4.69) is 10.3 Å². The first-order valence-electron chi connectivity index (χ1n) is 3.54. The fourth-order valence-electron chi connectivity index (χ4n) is 1.26. The predicted octanol–water partition coefficient (Wildman–Crippen LogP) is 0.497. The maximum absolute atomic E-state index is 10.3. The van der Waals surface area contributed by atoms with Crippen molar-refractivity contribution in [3.63, 3.8) is 0 Å². The van der Waals surface area contributed by atoms with Crippen molar-refractivity contribution in [1.29, 1.82) is 0 Å². The maximum atomic E-state index is 10.3. The molecule has 3 heteroatoms. The largest absolute Gasteiger partial charge is 0.309 e. The van der Waals surface area contributed by atoms with Gasteiger partial charge in [-0.1, -0.05) is 0 Å². The average molecular weight is 148 g/mol. The summed E-state index contributed by atoms with van der Waals surface area (Å²) < 4.78 is 0. The molecule has 0 bridgehead atoms. The SMILES string of the molecule is O=Cc1cc2c(cn1)CNC2. The van der Waals surface area contributed by atoms with Crippen molar-refractivity contribution in [2.24, 2.45) is 0 Å². The summed E-state index contributed by atoms with van der Waals surface area (Å²) in [7, 11) is 0. The number of rotatable bonds is 1. The number of pyridine rings is 1. The number of nitrogens with one attached hydrogen (secondary N) is 1. The Balaban J connectivity index is 2.48. The molecule has 1 aliphatic heterocycles. The highest BCUT2D eigenvalue weighted by atomic mass is 16.1. The second-order valence-corrected chi connectivity index (χ2v) is 2.60. The number of fused-ring (bicyclic) bond motifs is 1. The van der Waals surface area contributed by atoms with Gasteiger partial charge in [-0.2, -0.15) is 0 Å². The van der Waals surface area contributed by atoms with Crippen LogP contribution in [0.1, 0.15) is 21.6 Å². The van der Waals surface area contributed by atoms with Crippen molar-refractivity contribution >= 4 is 6.29 Å². The van der Waals surface area contributed by atoms with Crippen LogP contribution < -0.4 is 5.32 Å². The number of hydrogen-bond donors (Lipinski definition) is 1. The highest BCUT2D eigenvalue weighted by Gasteiger charge is 2.09. The zero-order chi connectivity index (χ0) is 7.68. The zero-order valence-electron chi connectivity index (χ0n) is 6.00. The monoisotopic (exact) mass is 148 g/mol. The van der Waals surface area contributed by atoms with Gasteiger partial charge in [0, 0.05) is 19.3 Å². The third kappa shape index (κ3) is 1.03. The standard InChI is InChI=1S/C8H8N2O/c11-5-8-1-6-2-9-3-7(6)4-10-8/h1,4-5,9H,2-3H2. The smallest absolute Gasteiger partial charge is 0.168 e. The Labute approximate surface area is 64.5 Å². The molecular weight excluding hydrogens is 140 g/mol. The lowest BCUT2D eigenvalue weighted by Crippen LogP contribution is -1.99. The Morgan fingerprint density at radius 1 is 1.45 bits per heavy atom. The van der Waals surface area contributed by atoms with Gasteiger partial charge in [-0.25, -0.2) is 0 Å². The van der Waals surface area contributed by atoms with E-state index in [9.17, 15) is 4.79 Å². The van der Waals surface area contributed by atoms with Crippen LogP contribution in [0.25, 0.3) is 0 Å². The molecule has 1 N–H and O–H groups in total.